The number of hydrogen-bond acceptors (Lipinski definition) is 9. The number of anilines is 1. The zero-order chi connectivity index (χ0) is 25.0. The van der Waals surface area contributed by atoms with Gasteiger partial charge in [-0.05, 0) is 30.7 Å². The molecule has 0 aliphatic carbocycles. The van der Waals surface area contributed by atoms with Gasteiger partial charge in [-0.15, -0.1) is 21.5 Å². The van der Waals surface area contributed by atoms with Gasteiger partial charge in [-0.25, -0.2) is 4.79 Å². The van der Waals surface area contributed by atoms with Gasteiger partial charge in [-0.3, -0.25) is 9.59 Å². The molecule has 0 saturated carbocycles. The van der Waals surface area contributed by atoms with Gasteiger partial charge in [0.05, 0.1) is 28.3 Å². The number of hydrogen-bond donors (Lipinski definition) is 2. The highest BCUT2D eigenvalue weighted by Crippen LogP contribution is 2.34. The number of esters is 1. The van der Waals surface area contributed by atoms with E-state index in [9.17, 15) is 14.4 Å². The molecule has 0 aliphatic rings. The van der Waals surface area contributed by atoms with Gasteiger partial charge in [-0.2, -0.15) is 0 Å². The number of nitrogens with one attached hydrogen (secondary N) is 1. The fourth-order valence-corrected chi connectivity index (χ4v) is 5.06. The van der Waals surface area contributed by atoms with Crippen LogP contribution in [0.15, 0.2) is 23.4 Å². The van der Waals surface area contributed by atoms with Crippen LogP contribution in [-0.4, -0.2) is 45.4 Å². The predicted octanol–water partition coefficient (Wildman–Crippen LogP) is 3.69. The molecule has 0 aliphatic heterocycles. The summed E-state index contributed by atoms with van der Waals surface area (Å²) < 4.78 is 12.1. The van der Waals surface area contributed by atoms with Gasteiger partial charge >= 0.3 is 5.97 Å². The van der Waals surface area contributed by atoms with E-state index in [1.54, 1.807) is 36.7 Å². The Kier molecular flexibility index (Phi) is 8.42. The molecule has 0 bridgehead atoms. The van der Waals surface area contributed by atoms with Crippen molar-refractivity contribution in [1.29, 1.82) is 0 Å². The summed E-state index contributed by atoms with van der Waals surface area (Å²) in [4.78, 5) is 36.5. The number of thiophene rings is 1. The number of carbonyl (C=O) groups excluding carboxylic acids is 3. The molecule has 1 aromatic carbocycles. The lowest BCUT2D eigenvalue weighted by atomic mass is 10.1. The van der Waals surface area contributed by atoms with Crippen molar-refractivity contribution < 1.29 is 23.9 Å². The van der Waals surface area contributed by atoms with E-state index in [-0.39, 0.29) is 27.8 Å². The van der Waals surface area contributed by atoms with E-state index in [0.717, 1.165) is 23.1 Å². The number of amides is 2. The van der Waals surface area contributed by atoms with Crippen LogP contribution in [0.25, 0.3) is 0 Å². The third-order valence-electron chi connectivity index (χ3n) is 4.52. The van der Waals surface area contributed by atoms with Crippen molar-refractivity contribution in [3.63, 3.8) is 0 Å². The number of nitrogens with zero attached hydrogens (tertiary/aromatic N) is 3. The van der Waals surface area contributed by atoms with E-state index in [1.165, 1.54) is 7.11 Å². The third-order valence-corrected chi connectivity index (χ3v) is 7.29. The molecule has 2 amide bonds. The molecule has 10 nitrogen and oxygen atoms in total. The molecule has 3 N–H and O–H groups in total. The van der Waals surface area contributed by atoms with Crippen LogP contribution in [0.3, 0.4) is 0 Å². The average molecular weight is 544 g/mol. The molecule has 0 radical (unpaired) electrons. The van der Waals surface area contributed by atoms with Crippen LogP contribution in [0.1, 0.15) is 31.4 Å². The Labute approximate surface area is 212 Å². The van der Waals surface area contributed by atoms with E-state index in [2.05, 4.69) is 15.5 Å². The minimum atomic E-state index is -0.698. The summed E-state index contributed by atoms with van der Waals surface area (Å²) in [5.41, 5.74) is 5.81. The first-order valence-corrected chi connectivity index (χ1v) is 12.1. The topological polar surface area (TPSA) is 138 Å². The van der Waals surface area contributed by atoms with Gasteiger partial charge in [-0.1, -0.05) is 35.0 Å². The summed E-state index contributed by atoms with van der Waals surface area (Å²) in [7, 11) is 2.95. The third kappa shape index (κ3) is 5.81. The van der Waals surface area contributed by atoms with Crippen LogP contribution in [0, 0.1) is 6.92 Å². The van der Waals surface area contributed by atoms with Crippen molar-refractivity contribution in [3.8, 4) is 5.75 Å². The van der Waals surface area contributed by atoms with Gasteiger partial charge < -0.3 is 25.1 Å². The number of benzene rings is 1. The summed E-state index contributed by atoms with van der Waals surface area (Å²) in [6.45, 7) is 1.66. The zero-order valence-electron chi connectivity index (χ0n) is 18.2. The number of nitrogens with two attached hydrogens (primary N) is 1. The molecule has 0 saturated heterocycles. The SMILES string of the molecule is COC(=O)c1c(NC(=O)CSc2nnc(COc3ccc(Cl)cc3Cl)n2C)sc(C(N)=O)c1C. The zero-order valence-corrected chi connectivity index (χ0v) is 21.3. The van der Waals surface area contributed by atoms with Crippen molar-refractivity contribution in [3.05, 3.63) is 50.1 Å². The van der Waals surface area contributed by atoms with Crippen molar-refractivity contribution in [2.24, 2.45) is 12.8 Å². The van der Waals surface area contributed by atoms with Crippen LogP contribution in [-0.2, 0) is 23.2 Å². The minimum Gasteiger partial charge on any atom is -0.484 e. The Morgan fingerprint density at radius 2 is 2.00 bits per heavy atom. The summed E-state index contributed by atoms with van der Waals surface area (Å²) in [6.07, 6.45) is 0. The molecule has 0 spiro atoms. The number of methoxy groups -OCH3 is 1. The van der Waals surface area contributed by atoms with Crippen LogP contribution >= 0.6 is 46.3 Å². The molecule has 3 aromatic rings. The standard InChI is InChI=1S/C20H19Cl2N5O5S2/c1-9-15(19(30)31-3)18(34-16(9)17(23)29)24-14(28)8-33-20-26-25-13(27(20)2)7-32-12-5-4-10(21)6-11(12)22/h4-6H,7-8H2,1-3H3,(H2,23,29)(H,24,28). The second-order valence-electron chi connectivity index (χ2n) is 6.77. The van der Waals surface area contributed by atoms with E-state index in [0.29, 0.717) is 32.3 Å². The van der Waals surface area contributed by atoms with Crippen molar-refractivity contribution >= 4 is 69.1 Å². The maximum absolute atomic E-state index is 12.5. The normalized spacial score (nSPS) is 10.7. The highest BCUT2D eigenvalue weighted by atomic mass is 35.5. The second kappa shape index (κ2) is 11.1. The molecule has 0 fully saturated rings. The van der Waals surface area contributed by atoms with Gasteiger partial charge in [0.2, 0.25) is 5.91 Å². The Bertz CT molecular complexity index is 1260. The largest absolute Gasteiger partial charge is 0.484 e. The highest BCUT2D eigenvalue weighted by Gasteiger charge is 2.25. The minimum absolute atomic E-state index is 0.0285. The summed E-state index contributed by atoms with van der Waals surface area (Å²) >= 11 is 14.0. The number of thioether (sulfide) groups is 1. The van der Waals surface area contributed by atoms with Gasteiger partial charge in [0.25, 0.3) is 5.91 Å². The molecular weight excluding hydrogens is 525 g/mol. The Balaban J connectivity index is 1.64. The van der Waals surface area contributed by atoms with Crippen LogP contribution in [0.4, 0.5) is 5.00 Å². The highest BCUT2D eigenvalue weighted by molar-refractivity contribution is 7.99. The van der Waals surface area contributed by atoms with Crippen molar-refractivity contribution in [2.45, 2.75) is 18.7 Å². The Hall–Kier alpha value is -2.80. The fourth-order valence-electron chi connectivity index (χ4n) is 2.81. The first-order valence-electron chi connectivity index (χ1n) is 9.52. The van der Waals surface area contributed by atoms with Crippen molar-refractivity contribution in [1.82, 2.24) is 14.8 Å². The number of carbonyl (C=O) groups is 3. The first kappa shape index (κ1) is 25.8. The molecule has 2 aromatic heterocycles. The molecule has 3 rings (SSSR count). The second-order valence-corrected chi connectivity index (χ2v) is 9.58. The first-order chi connectivity index (χ1) is 16.1. The van der Waals surface area contributed by atoms with E-state index in [4.69, 9.17) is 38.4 Å². The summed E-state index contributed by atoms with van der Waals surface area (Å²) in [5.74, 6) is -0.855. The monoisotopic (exact) mass is 543 g/mol. The number of ether oxygens (including phenoxy) is 2. The van der Waals surface area contributed by atoms with Gasteiger partial charge in [0.15, 0.2) is 11.0 Å². The van der Waals surface area contributed by atoms with E-state index >= 15 is 0 Å². The molecule has 0 unspecified atom stereocenters. The van der Waals surface area contributed by atoms with Crippen molar-refractivity contribution in [2.75, 3.05) is 18.2 Å². The summed E-state index contributed by atoms with van der Waals surface area (Å²) in [6, 6.07) is 4.88. The number of rotatable bonds is 9. The maximum atomic E-state index is 12.5. The van der Waals surface area contributed by atoms with Crippen LogP contribution in [0.2, 0.25) is 10.0 Å². The smallest absolute Gasteiger partial charge is 0.341 e. The quantitative estimate of drug-likeness (QED) is 0.307. The number of aromatic nitrogens is 3. The average Bonchev–Trinajstić information content (AvgIpc) is 3.30. The lowest BCUT2D eigenvalue weighted by molar-refractivity contribution is -0.113. The van der Waals surface area contributed by atoms with E-state index in [1.807, 2.05) is 0 Å². The molecule has 180 valence electrons. The lowest BCUT2D eigenvalue weighted by Gasteiger charge is -2.08. The molecular formula is C20H19Cl2N5O5S2. The molecule has 14 heteroatoms. The lowest BCUT2D eigenvalue weighted by Crippen LogP contribution is -2.16. The Morgan fingerprint density at radius 3 is 2.65 bits per heavy atom. The molecule has 2 heterocycles. The van der Waals surface area contributed by atoms with E-state index < -0.39 is 17.8 Å². The Morgan fingerprint density at radius 1 is 1.26 bits per heavy atom. The fraction of sp³-hybridized carbons (Fsp3) is 0.250. The summed E-state index contributed by atoms with van der Waals surface area (Å²) in [5, 5.41) is 12.3. The number of primary amides is 1. The predicted molar refractivity (Wildman–Crippen MR) is 130 cm³/mol. The van der Waals surface area contributed by atoms with Crippen LogP contribution in [0.5, 0.6) is 5.75 Å². The molecule has 0 atom stereocenters. The maximum Gasteiger partial charge on any atom is 0.341 e. The molecule has 34 heavy (non-hydrogen) atoms. The van der Waals surface area contributed by atoms with Crippen LogP contribution < -0.4 is 15.8 Å². The van der Waals surface area contributed by atoms with Gasteiger partial charge in [0.1, 0.15) is 17.4 Å². The van der Waals surface area contributed by atoms with Gasteiger partial charge in [0, 0.05) is 12.1 Å². The number of halogens is 2.